The summed E-state index contributed by atoms with van der Waals surface area (Å²) < 4.78 is 35.1. The van der Waals surface area contributed by atoms with Gasteiger partial charge in [0.05, 0.1) is 23.7 Å². The largest absolute Gasteiger partial charge is 0.497 e. The first kappa shape index (κ1) is 21.6. The highest BCUT2D eigenvalue weighted by Gasteiger charge is 2.35. The molecule has 0 saturated carbocycles. The van der Waals surface area contributed by atoms with Gasteiger partial charge in [-0.05, 0) is 63.4 Å². The van der Waals surface area contributed by atoms with Crippen molar-refractivity contribution in [1.29, 1.82) is 0 Å². The third kappa shape index (κ3) is 4.56. The molecule has 1 saturated heterocycles. The van der Waals surface area contributed by atoms with E-state index in [1.54, 1.807) is 46.2 Å². The van der Waals surface area contributed by atoms with Gasteiger partial charge in [0.25, 0.3) is 0 Å². The van der Waals surface area contributed by atoms with Crippen LogP contribution in [0.2, 0.25) is 0 Å². The normalized spacial score (nSPS) is 17.0. The summed E-state index contributed by atoms with van der Waals surface area (Å²) in [5.74, 6) is 0.837. The number of nitrogens with one attached hydrogen (secondary N) is 1. The van der Waals surface area contributed by atoms with Gasteiger partial charge in [-0.15, -0.1) is 0 Å². The molecule has 1 fully saturated rings. The molecule has 0 spiro atoms. The van der Waals surface area contributed by atoms with E-state index in [-0.39, 0.29) is 10.4 Å². The monoisotopic (exact) mass is 418 g/mol. The summed E-state index contributed by atoms with van der Waals surface area (Å²) in [6.45, 7) is 7.19. The van der Waals surface area contributed by atoms with Crippen molar-refractivity contribution in [3.05, 3.63) is 48.2 Å². The summed E-state index contributed by atoms with van der Waals surface area (Å²) in [7, 11) is -1.79. The van der Waals surface area contributed by atoms with Crippen LogP contribution in [0.4, 0.5) is 5.69 Å². The van der Waals surface area contributed by atoms with Gasteiger partial charge in [0.2, 0.25) is 0 Å². The summed E-state index contributed by atoms with van der Waals surface area (Å²) in [5.41, 5.74) is 1.99. The van der Waals surface area contributed by atoms with Crippen LogP contribution in [-0.2, 0) is 20.0 Å². The van der Waals surface area contributed by atoms with Crippen molar-refractivity contribution >= 4 is 15.5 Å². The van der Waals surface area contributed by atoms with Crippen LogP contribution in [0.5, 0.6) is 5.75 Å². The molecule has 1 aliphatic rings. The van der Waals surface area contributed by atoms with E-state index in [1.165, 1.54) is 5.56 Å². The lowest BCUT2D eigenvalue weighted by atomic mass is 9.74. The molecule has 2 heterocycles. The minimum absolute atomic E-state index is 0.0549. The molecule has 29 heavy (non-hydrogen) atoms. The molecule has 1 aromatic heterocycles. The summed E-state index contributed by atoms with van der Waals surface area (Å²) in [6.07, 6.45) is 3.42. The topological polar surface area (TPSA) is 77.5 Å². The van der Waals surface area contributed by atoms with Gasteiger partial charge in [0, 0.05) is 25.2 Å². The molecule has 158 valence electrons. The lowest BCUT2D eigenvalue weighted by Crippen LogP contribution is -2.40. The molecule has 0 aliphatic carbocycles. The second kappa shape index (κ2) is 8.32. The Bertz CT molecular complexity index is 911. The Labute approximate surface area is 173 Å². The summed E-state index contributed by atoms with van der Waals surface area (Å²) in [5, 5.41) is 3.56. The van der Waals surface area contributed by atoms with E-state index in [1.807, 2.05) is 12.1 Å². The number of anilines is 1. The van der Waals surface area contributed by atoms with Crippen LogP contribution < -0.4 is 10.1 Å². The van der Waals surface area contributed by atoms with Gasteiger partial charge in [-0.25, -0.2) is 13.4 Å². The van der Waals surface area contributed by atoms with E-state index < -0.39 is 14.6 Å². The summed E-state index contributed by atoms with van der Waals surface area (Å²) >= 11 is 0. The second-order valence-corrected chi connectivity index (χ2v) is 11.1. The second-order valence-electron chi connectivity index (χ2n) is 8.48. The van der Waals surface area contributed by atoms with E-state index in [0.29, 0.717) is 13.2 Å². The zero-order chi connectivity index (χ0) is 21.1. The van der Waals surface area contributed by atoms with Crippen LogP contribution in [0, 0.1) is 0 Å². The van der Waals surface area contributed by atoms with Crippen molar-refractivity contribution in [2.24, 2.45) is 0 Å². The van der Waals surface area contributed by atoms with Crippen molar-refractivity contribution in [3.8, 4) is 5.75 Å². The zero-order valence-corrected chi connectivity index (χ0v) is 18.4. The molecule has 0 radical (unpaired) electrons. The minimum Gasteiger partial charge on any atom is -0.497 e. The fourth-order valence-electron chi connectivity index (χ4n) is 3.50. The SMILES string of the molecule is COc1ccc(C2(CNc3ccc(S(=O)(=O)C(C)(C)C)nc3)CCOCC2)cc1. The Balaban J connectivity index is 1.78. The Morgan fingerprint density at radius 3 is 2.28 bits per heavy atom. The maximum Gasteiger partial charge on any atom is 0.200 e. The number of benzene rings is 1. The molecule has 2 aromatic rings. The first-order valence-electron chi connectivity index (χ1n) is 9.85. The Hall–Kier alpha value is -2.12. The molecular weight excluding hydrogens is 388 g/mol. The molecule has 0 unspecified atom stereocenters. The smallest absolute Gasteiger partial charge is 0.200 e. The number of sulfone groups is 1. The molecule has 1 aromatic carbocycles. The van der Waals surface area contributed by atoms with E-state index in [9.17, 15) is 8.42 Å². The highest BCUT2D eigenvalue weighted by atomic mass is 32.2. The van der Waals surface area contributed by atoms with E-state index in [2.05, 4.69) is 22.4 Å². The maximum absolute atomic E-state index is 12.6. The quantitative estimate of drug-likeness (QED) is 0.768. The number of aromatic nitrogens is 1. The fraction of sp³-hybridized carbons (Fsp3) is 0.500. The predicted octanol–water partition coefficient (Wildman–Crippen LogP) is 3.82. The van der Waals surface area contributed by atoms with Crippen LogP contribution in [0.25, 0.3) is 0 Å². The molecule has 7 heteroatoms. The van der Waals surface area contributed by atoms with E-state index >= 15 is 0 Å². The average molecular weight is 419 g/mol. The fourth-order valence-corrected chi connectivity index (χ4v) is 4.57. The van der Waals surface area contributed by atoms with Crippen LogP contribution in [0.15, 0.2) is 47.6 Å². The van der Waals surface area contributed by atoms with Crippen molar-refractivity contribution in [2.75, 3.05) is 32.2 Å². The Morgan fingerprint density at radius 2 is 1.76 bits per heavy atom. The minimum atomic E-state index is -3.46. The molecule has 0 atom stereocenters. The average Bonchev–Trinajstić information content (AvgIpc) is 2.72. The first-order chi connectivity index (χ1) is 13.7. The molecular formula is C22H30N2O4S. The van der Waals surface area contributed by atoms with Gasteiger partial charge in [-0.2, -0.15) is 0 Å². The molecule has 6 nitrogen and oxygen atoms in total. The molecule has 0 amide bonds. The third-order valence-electron chi connectivity index (χ3n) is 5.60. The van der Waals surface area contributed by atoms with Gasteiger partial charge < -0.3 is 14.8 Å². The number of ether oxygens (including phenoxy) is 2. The van der Waals surface area contributed by atoms with Gasteiger partial charge in [-0.1, -0.05) is 12.1 Å². The predicted molar refractivity (Wildman–Crippen MR) is 114 cm³/mol. The van der Waals surface area contributed by atoms with Crippen molar-refractivity contribution in [2.45, 2.75) is 48.8 Å². The lowest BCUT2D eigenvalue weighted by molar-refractivity contribution is 0.0544. The molecule has 3 rings (SSSR count). The Kier molecular flexibility index (Phi) is 6.19. The number of hydrogen-bond donors (Lipinski definition) is 1. The molecule has 1 N–H and O–H groups in total. The van der Waals surface area contributed by atoms with Crippen molar-refractivity contribution in [1.82, 2.24) is 4.98 Å². The highest BCUT2D eigenvalue weighted by molar-refractivity contribution is 7.92. The lowest BCUT2D eigenvalue weighted by Gasteiger charge is -2.38. The number of methoxy groups -OCH3 is 1. The summed E-state index contributed by atoms with van der Waals surface area (Å²) in [6, 6.07) is 11.6. The number of pyridine rings is 1. The molecule has 0 bridgehead atoms. The van der Waals surface area contributed by atoms with Gasteiger partial charge in [0.15, 0.2) is 14.9 Å². The number of hydrogen-bond acceptors (Lipinski definition) is 6. The molecule has 1 aliphatic heterocycles. The highest BCUT2D eigenvalue weighted by Crippen LogP contribution is 2.36. The van der Waals surface area contributed by atoms with Crippen molar-refractivity contribution in [3.63, 3.8) is 0 Å². The van der Waals surface area contributed by atoms with Gasteiger partial charge in [0.1, 0.15) is 5.75 Å². The van der Waals surface area contributed by atoms with Crippen LogP contribution >= 0.6 is 0 Å². The van der Waals surface area contributed by atoms with Crippen molar-refractivity contribution < 1.29 is 17.9 Å². The number of rotatable bonds is 6. The van der Waals surface area contributed by atoms with Gasteiger partial charge in [-0.3, -0.25) is 0 Å². The standard InChI is InChI=1S/C22H30N2O4S/c1-21(2,3)29(25,26)20-10-7-18(15-23-20)24-16-22(11-13-28-14-12-22)17-5-8-19(27-4)9-6-17/h5-10,15,24H,11-14,16H2,1-4H3. The third-order valence-corrected chi connectivity index (χ3v) is 8.01. The zero-order valence-electron chi connectivity index (χ0n) is 17.6. The Morgan fingerprint density at radius 1 is 1.10 bits per heavy atom. The maximum atomic E-state index is 12.6. The number of nitrogens with zero attached hydrogens (tertiary/aromatic N) is 1. The van der Waals surface area contributed by atoms with E-state index in [0.717, 1.165) is 30.8 Å². The van der Waals surface area contributed by atoms with Crippen LogP contribution in [0.3, 0.4) is 0 Å². The first-order valence-corrected chi connectivity index (χ1v) is 11.3. The van der Waals surface area contributed by atoms with Crippen LogP contribution in [0.1, 0.15) is 39.2 Å². The summed E-state index contributed by atoms with van der Waals surface area (Å²) in [4.78, 5) is 4.21. The van der Waals surface area contributed by atoms with E-state index in [4.69, 9.17) is 9.47 Å². The van der Waals surface area contributed by atoms with Crippen LogP contribution in [-0.4, -0.2) is 45.0 Å². The van der Waals surface area contributed by atoms with Gasteiger partial charge >= 0.3 is 0 Å².